The molecule has 1 unspecified atom stereocenters. The first-order chi connectivity index (χ1) is 9.20. The van der Waals surface area contributed by atoms with Crippen LogP contribution in [0.5, 0.6) is 0 Å². The molecule has 0 saturated heterocycles. The molecular formula is C17H29NS. The Bertz CT molecular complexity index is 363. The zero-order valence-corrected chi connectivity index (χ0v) is 13.6. The van der Waals surface area contributed by atoms with Gasteiger partial charge in [0.2, 0.25) is 0 Å². The Hall–Kier alpha value is -0.340. The summed E-state index contributed by atoms with van der Waals surface area (Å²) in [5.74, 6) is 0.885. The Labute approximate surface area is 122 Å². The molecule has 0 aliphatic heterocycles. The van der Waals surface area contributed by atoms with E-state index >= 15 is 0 Å². The molecule has 1 aliphatic rings. The van der Waals surface area contributed by atoms with Crippen molar-refractivity contribution in [1.82, 2.24) is 5.32 Å². The van der Waals surface area contributed by atoms with E-state index in [-0.39, 0.29) is 0 Å². The molecule has 0 radical (unpaired) electrons. The van der Waals surface area contributed by atoms with Gasteiger partial charge in [-0.15, -0.1) is 11.3 Å². The Morgan fingerprint density at radius 1 is 1.16 bits per heavy atom. The SMILES string of the molecule is CCc1ccc(C(C)N[C@@H](C)C2CCCCCC2)s1. The van der Waals surface area contributed by atoms with Crippen molar-refractivity contribution < 1.29 is 0 Å². The summed E-state index contributed by atoms with van der Waals surface area (Å²) in [4.78, 5) is 3.00. The first kappa shape index (κ1) is 15.1. The fraction of sp³-hybridized carbons (Fsp3) is 0.765. The number of rotatable bonds is 5. The normalized spacial score (nSPS) is 21.0. The fourth-order valence-electron chi connectivity index (χ4n) is 3.24. The topological polar surface area (TPSA) is 12.0 Å². The van der Waals surface area contributed by atoms with Gasteiger partial charge in [0.15, 0.2) is 0 Å². The largest absolute Gasteiger partial charge is 0.307 e. The minimum Gasteiger partial charge on any atom is -0.307 e. The van der Waals surface area contributed by atoms with Crippen LogP contribution in [0.25, 0.3) is 0 Å². The Balaban J connectivity index is 1.88. The van der Waals surface area contributed by atoms with Crippen molar-refractivity contribution in [3.63, 3.8) is 0 Å². The number of aryl methyl sites for hydroxylation is 1. The lowest BCUT2D eigenvalue weighted by Crippen LogP contribution is -2.35. The van der Waals surface area contributed by atoms with Gasteiger partial charge < -0.3 is 5.32 Å². The molecule has 1 aromatic rings. The molecule has 2 rings (SSSR count). The van der Waals surface area contributed by atoms with Crippen LogP contribution < -0.4 is 5.32 Å². The highest BCUT2D eigenvalue weighted by molar-refractivity contribution is 7.12. The average molecular weight is 279 g/mol. The first-order valence-electron chi connectivity index (χ1n) is 8.05. The maximum absolute atomic E-state index is 3.84. The van der Waals surface area contributed by atoms with Gasteiger partial charge in [0.05, 0.1) is 0 Å². The van der Waals surface area contributed by atoms with Gasteiger partial charge in [0.25, 0.3) is 0 Å². The summed E-state index contributed by atoms with van der Waals surface area (Å²) in [5, 5.41) is 3.84. The van der Waals surface area contributed by atoms with E-state index < -0.39 is 0 Å². The lowest BCUT2D eigenvalue weighted by atomic mass is 9.92. The number of nitrogens with one attached hydrogen (secondary N) is 1. The smallest absolute Gasteiger partial charge is 0.0388 e. The van der Waals surface area contributed by atoms with E-state index in [1.807, 2.05) is 11.3 Å². The Morgan fingerprint density at radius 2 is 1.84 bits per heavy atom. The molecule has 0 aromatic carbocycles. The van der Waals surface area contributed by atoms with E-state index in [2.05, 4.69) is 38.2 Å². The molecule has 1 saturated carbocycles. The summed E-state index contributed by atoms with van der Waals surface area (Å²) < 4.78 is 0. The molecule has 19 heavy (non-hydrogen) atoms. The molecule has 2 heteroatoms. The summed E-state index contributed by atoms with van der Waals surface area (Å²) in [5.41, 5.74) is 0. The summed E-state index contributed by atoms with van der Waals surface area (Å²) >= 11 is 1.97. The van der Waals surface area contributed by atoms with Crippen molar-refractivity contribution in [3.8, 4) is 0 Å². The highest BCUT2D eigenvalue weighted by Crippen LogP contribution is 2.28. The molecule has 1 heterocycles. The molecule has 1 fully saturated rings. The summed E-state index contributed by atoms with van der Waals surface area (Å²) in [6.45, 7) is 6.95. The lowest BCUT2D eigenvalue weighted by molar-refractivity contribution is 0.318. The van der Waals surface area contributed by atoms with Gasteiger partial charge in [-0.05, 0) is 51.2 Å². The lowest BCUT2D eigenvalue weighted by Gasteiger charge is -2.26. The third-order valence-corrected chi connectivity index (χ3v) is 5.99. The molecule has 1 nitrogen and oxygen atoms in total. The molecule has 1 N–H and O–H groups in total. The van der Waals surface area contributed by atoms with Gasteiger partial charge >= 0.3 is 0 Å². The summed E-state index contributed by atoms with van der Waals surface area (Å²) in [6, 6.07) is 5.75. The fourth-order valence-corrected chi connectivity index (χ4v) is 4.20. The van der Waals surface area contributed by atoms with Crippen LogP contribution in [0.3, 0.4) is 0 Å². The maximum atomic E-state index is 3.84. The second kappa shape index (κ2) is 7.44. The van der Waals surface area contributed by atoms with Crippen LogP contribution in [-0.4, -0.2) is 6.04 Å². The molecule has 0 bridgehead atoms. The minimum absolute atomic E-state index is 0.503. The van der Waals surface area contributed by atoms with E-state index in [0.717, 1.165) is 12.3 Å². The zero-order chi connectivity index (χ0) is 13.7. The Kier molecular flexibility index (Phi) is 5.90. The number of hydrogen-bond acceptors (Lipinski definition) is 2. The standard InChI is InChI=1S/C17H29NS/c1-4-16-11-12-17(19-16)14(3)18-13(2)15-9-7-5-6-8-10-15/h11-15,18H,4-10H2,1-3H3/t13-,14?/m0/s1. The van der Waals surface area contributed by atoms with Crippen LogP contribution in [0.4, 0.5) is 0 Å². The van der Waals surface area contributed by atoms with Crippen LogP contribution in [0, 0.1) is 5.92 Å². The summed E-state index contributed by atoms with van der Waals surface area (Å²) in [6.07, 6.45) is 9.77. The summed E-state index contributed by atoms with van der Waals surface area (Å²) in [7, 11) is 0. The van der Waals surface area contributed by atoms with E-state index in [1.54, 1.807) is 0 Å². The second-order valence-corrected chi connectivity index (χ2v) is 7.29. The second-order valence-electron chi connectivity index (χ2n) is 6.09. The van der Waals surface area contributed by atoms with Crippen molar-refractivity contribution in [2.75, 3.05) is 0 Å². The molecule has 1 aliphatic carbocycles. The van der Waals surface area contributed by atoms with E-state index in [4.69, 9.17) is 0 Å². The highest BCUT2D eigenvalue weighted by Gasteiger charge is 2.21. The van der Waals surface area contributed by atoms with Gasteiger partial charge in [-0.3, -0.25) is 0 Å². The number of thiophene rings is 1. The Morgan fingerprint density at radius 3 is 2.42 bits per heavy atom. The third kappa shape index (κ3) is 4.32. The van der Waals surface area contributed by atoms with E-state index in [0.29, 0.717) is 12.1 Å². The van der Waals surface area contributed by atoms with Crippen molar-refractivity contribution in [3.05, 3.63) is 21.9 Å². The van der Waals surface area contributed by atoms with Crippen molar-refractivity contribution in [2.45, 2.75) is 77.8 Å². The first-order valence-corrected chi connectivity index (χ1v) is 8.87. The molecule has 0 amide bonds. The van der Waals surface area contributed by atoms with Gasteiger partial charge in [0, 0.05) is 21.8 Å². The maximum Gasteiger partial charge on any atom is 0.0388 e. The van der Waals surface area contributed by atoms with Crippen LogP contribution in [0.15, 0.2) is 12.1 Å². The van der Waals surface area contributed by atoms with Crippen molar-refractivity contribution in [1.29, 1.82) is 0 Å². The van der Waals surface area contributed by atoms with Gasteiger partial charge in [-0.2, -0.15) is 0 Å². The van der Waals surface area contributed by atoms with E-state index in [1.165, 1.54) is 48.3 Å². The predicted molar refractivity (Wildman–Crippen MR) is 85.9 cm³/mol. The van der Waals surface area contributed by atoms with Crippen molar-refractivity contribution in [2.24, 2.45) is 5.92 Å². The molecule has 1 aromatic heterocycles. The predicted octanol–water partition coefficient (Wildman–Crippen LogP) is 5.32. The van der Waals surface area contributed by atoms with E-state index in [9.17, 15) is 0 Å². The molecule has 2 atom stereocenters. The van der Waals surface area contributed by atoms with Gasteiger partial charge in [-0.25, -0.2) is 0 Å². The quantitative estimate of drug-likeness (QED) is 0.719. The monoisotopic (exact) mass is 279 g/mol. The van der Waals surface area contributed by atoms with Crippen LogP contribution in [0.2, 0.25) is 0 Å². The zero-order valence-electron chi connectivity index (χ0n) is 12.7. The van der Waals surface area contributed by atoms with Gasteiger partial charge in [0.1, 0.15) is 0 Å². The number of hydrogen-bond donors (Lipinski definition) is 1. The van der Waals surface area contributed by atoms with Crippen molar-refractivity contribution >= 4 is 11.3 Å². The highest BCUT2D eigenvalue weighted by atomic mass is 32.1. The third-order valence-electron chi connectivity index (χ3n) is 4.58. The average Bonchev–Trinajstić information content (AvgIpc) is 2.73. The van der Waals surface area contributed by atoms with Crippen LogP contribution >= 0.6 is 11.3 Å². The van der Waals surface area contributed by atoms with Gasteiger partial charge in [-0.1, -0.05) is 32.6 Å². The minimum atomic E-state index is 0.503. The molecular weight excluding hydrogens is 250 g/mol. The molecule has 0 spiro atoms. The van der Waals surface area contributed by atoms with Crippen LogP contribution in [0.1, 0.15) is 75.1 Å². The van der Waals surface area contributed by atoms with Crippen LogP contribution in [-0.2, 0) is 6.42 Å². The molecule has 108 valence electrons.